The first-order valence-corrected chi connectivity index (χ1v) is 8.66. The predicted molar refractivity (Wildman–Crippen MR) is 94.8 cm³/mol. The summed E-state index contributed by atoms with van der Waals surface area (Å²) in [5, 5.41) is 0. The van der Waals surface area contributed by atoms with Crippen LogP contribution in [0.2, 0.25) is 0 Å². The molecule has 0 aliphatic carbocycles. The molecule has 0 radical (unpaired) electrons. The first kappa shape index (κ1) is 18.5. The molecule has 5 nitrogen and oxygen atoms in total. The van der Waals surface area contributed by atoms with Crippen LogP contribution < -0.4 is 4.90 Å². The van der Waals surface area contributed by atoms with Gasteiger partial charge in [0.2, 0.25) is 5.91 Å². The molecule has 1 aromatic carbocycles. The summed E-state index contributed by atoms with van der Waals surface area (Å²) in [5.74, 6) is 0.388. The number of carbonyl (C=O) groups excluding carboxylic acids is 2. The molecule has 2 unspecified atom stereocenters. The third-order valence-corrected chi connectivity index (χ3v) is 4.47. The highest BCUT2D eigenvalue weighted by Crippen LogP contribution is 2.24. The average Bonchev–Trinajstić information content (AvgIpc) is 2.95. The minimum Gasteiger partial charge on any atom is -0.369 e. The monoisotopic (exact) mass is 332 g/mol. The quantitative estimate of drug-likeness (QED) is 0.771. The molecule has 1 heterocycles. The maximum absolute atomic E-state index is 12.7. The average molecular weight is 332 g/mol. The highest BCUT2D eigenvalue weighted by atomic mass is 16.5. The predicted octanol–water partition coefficient (Wildman–Crippen LogP) is 2.70. The van der Waals surface area contributed by atoms with Gasteiger partial charge in [-0.2, -0.15) is 0 Å². The van der Waals surface area contributed by atoms with Crippen molar-refractivity contribution in [2.24, 2.45) is 5.92 Å². The normalized spacial score (nSPS) is 19.0. The van der Waals surface area contributed by atoms with Crippen molar-refractivity contribution in [1.82, 2.24) is 4.90 Å². The molecule has 2 atom stereocenters. The Morgan fingerprint density at radius 1 is 1.29 bits per heavy atom. The second-order valence-electron chi connectivity index (χ2n) is 6.77. The van der Waals surface area contributed by atoms with Gasteiger partial charge in [-0.3, -0.25) is 9.59 Å². The lowest BCUT2D eigenvalue weighted by Crippen LogP contribution is -2.47. The minimum absolute atomic E-state index is 0.0218. The number of likely N-dealkylation sites (N-methyl/N-ethyl adjacent to an activating group) is 1. The van der Waals surface area contributed by atoms with E-state index in [9.17, 15) is 9.59 Å². The summed E-state index contributed by atoms with van der Waals surface area (Å²) in [7, 11) is 1.70. The van der Waals surface area contributed by atoms with Gasteiger partial charge in [-0.1, -0.05) is 32.0 Å². The van der Waals surface area contributed by atoms with Crippen LogP contribution in [0.25, 0.3) is 0 Å². The van der Waals surface area contributed by atoms with E-state index in [0.717, 1.165) is 12.1 Å². The van der Waals surface area contributed by atoms with Crippen molar-refractivity contribution < 1.29 is 14.3 Å². The molecule has 1 saturated heterocycles. The smallest absolute Gasteiger partial charge is 0.251 e. The maximum atomic E-state index is 12.7. The van der Waals surface area contributed by atoms with E-state index in [1.54, 1.807) is 23.8 Å². The van der Waals surface area contributed by atoms with Gasteiger partial charge in [0.1, 0.15) is 12.1 Å². The van der Waals surface area contributed by atoms with Gasteiger partial charge in [-0.25, -0.2) is 0 Å². The van der Waals surface area contributed by atoms with E-state index in [4.69, 9.17) is 4.74 Å². The SMILES string of the molecule is CC(C)CCOC(C)C(=O)N(C)C1CCN(c2ccccc2)C1=O. The van der Waals surface area contributed by atoms with Crippen molar-refractivity contribution in [3.05, 3.63) is 30.3 Å². The van der Waals surface area contributed by atoms with Crippen LogP contribution in [-0.2, 0) is 14.3 Å². The number of hydrogen-bond donors (Lipinski definition) is 0. The molecule has 0 saturated carbocycles. The van der Waals surface area contributed by atoms with Crippen LogP contribution in [0.5, 0.6) is 0 Å². The van der Waals surface area contributed by atoms with E-state index in [-0.39, 0.29) is 11.8 Å². The van der Waals surface area contributed by atoms with Crippen molar-refractivity contribution in [3.8, 4) is 0 Å². The molecule has 0 bridgehead atoms. The van der Waals surface area contributed by atoms with Crippen molar-refractivity contribution in [2.75, 3.05) is 25.1 Å². The largest absolute Gasteiger partial charge is 0.369 e. The zero-order chi connectivity index (χ0) is 17.7. The Labute approximate surface area is 144 Å². The van der Waals surface area contributed by atoms with Gasteiger partial charge >= 0.3 is 0 Å². The van der Waals surface area contributed by atoms with Gasteiger partial charge < -0.3 is 14.5 Å². The molecule has 1 aliphatic rings. The Morgan fingerprint density at radius 3 is 2.58 bits per heavy atom. The van der Waals surface area contributed by atoms with Gasteiger partial charge in [0.25, 0.3) is 5.91 Å². The van der Waals surface area contributed by atoms with Crippen LogP contribution in [0.1, 0.15) is 33.6 Å². The second kappa shape index (κ2) is 8.29. The summed E-state index contributed by atoms with van der Waals surface area (Å²) in [4.78, 5) is 28.5. The van der Waals surface area contributed by atoms with Crippen LogP contribution >= 0.6 is 0 Å². The van der Waals surface area contributed by atoms with Crippen LogP contribution in [0.4, 0.5) is 5.69 Å². The Hall–Kier alpha value is -1.88. The standard InChI is InChI=1S/C19H28N2O3/c1-14(2)11-13-24-15(3)18(22)20(4)17-10-12-21(19(17)23)16-8-6-5-7-9-16/h5-9,14-15,17H,10-13H2,1-4H3. The number of hydrogen-bond acceptors (Lipinski definition) is 3. The molecule has 1 aliphatic heterocycles. The fraction of sp³-hybridized carbons (Fsp3) is 0.579. The highest BCUT2D eigenvalue weighted by Gasteiger charge is 2.38. The molecule has 5 heteroatoms. The van der Waals surface area contributed by atoms with Gasteiger partial charge in [0.05, 0.1) is 0 Å². The van der Waals surface area contributed by atoms with Crippen molar-refractivity contribution in [3.63, 3.8) is 0 Å². The third-order valence-electron chi connectivity index (χ3n) is 4.47. The van der Waals surface area contributed by atoms with Crippen molar-refractivity contribution in [1.29, 1.82) is 0 Å². The summed E-state index contributed by atoms with van der Waals surface area (Å²) in [5.41, 5.74) is 0.882. The molecule has 24 heavy (non-hydrogen) atoms. The number of rotatable bonds is 7. The topological polar surface area (TPSA) is 49.9 Å². The van der Waals surface area contributed by atoms with Crippen molar-refractivity contribution in [2.45, 2.75) is 45.8 Å². The number of ether oxygens (including phenoxy) is 1. The summed E-state index contributed by atoms with van der Waals surface area (Å²) < 4.78 is 5.63. The molecule has 2 amide bonds. The van der Waals surface area contributed by atoms with Gasteiger partial charge in [-0.05, 0) is 37.8 Å². The molecular formula is C19H28N2O3. The molecule has 1 aromatic rings. The number of nitrogens with zero attached hydrogens (tertiary/aromatic N) is 2. The number of anilines is 1. The zero-order valence-corrected chi connectivity index (χ0v) is 15.1. The maximum Gasteiger partial charge on any atom is 0.251 e. The number of benzene rings is 1. The highest BCUT2D eigenvalue weighted by molar-refractivity contribution is 6.01. The zero-order valence-electron chi connectivity index (χ0n) is 15.1. The number of para-hydroxylation sites is 1. The molecular weight excluding hydrogens is 304 g/mol. The van der Waals surface area contributed by atoms with Gasteiger partial charge in [0.15, 0.2) is 0 Å². The fourth-order valence-corrected chi connectivity index (χ4v) is 2.88. The molecule has 0 N–H and O–H groups in total. The van der Waals surface area contributed by atoms with Crippen LogP contribution in [-0.4, -0.2) is 49.1 Å². The Bertz CT molecular complexity index is 559. The van der Waals surface area contributed by atoms with Crippen LogP contribution in [0.3, 0.4) is 0 Å². The summed E-state index contributed by atoms with van der Waals surface area (Å²) in [6.45, 7) is 7.20. The molecule has 0 spiro atoms. The minimum atomic E-state index is -0.521. The Morgan fingerprint density at radius 2 is 1.96 bits per heavy atom. The van der Waals surface area contributed by atoms with E-state index in [0.29, 0.717) is 25.5 Å². The number of amides is 2. The lowest BCUT2D eigenvalue weighted by atomic mass is 10.1. The van der Waals surface area contributed by atoms with E-state index >= 15 is 0 Å². The van der Waals surface area contributed by atoms with Crippen LogP contribution in [0, 0.1) is 5.92 Å². The molecule has 0 aromatic heterocycles. The summed E-state index contributed by atoms with van der Waals surface area (Å²) >= 11 is 0. The first-order chi connectivity index (χ1) is 11.4. The van der Waals surface area contributed by atoms with E-state index in [1.165, 1.54) is 0 Å². The van der Waals surface area contributed by atoms with Crippen LogP contribution in [0.15, 0.2) is 30.3 Å². The van der Waals surface area contributed by atoms with Gasteiger partial charge in [-0.15, -0.1) is 0 Å². The van der Waals surface area contributed by atoms with E-state index in [1.807, 2.05) is 30.3 Å². The lowest BCUT2D eigenvalue weighted by Gasteiger charge is -2.26. The summed E-state index contributed by atoms with van der Waals surface area (Å²) in [6.07, 6.45) is 1.05. The van der Waals surface area contributed by atoms with E-state index in [2.05, 4.69) is 13.8 Å². The Kier molecular flexibility index (Phi) is 6.37. The lowest BCUT2D eigenvalue weighted by molar-refractivity contribution is -0.146. The number of carbonyl (C=O) groups is 2. The molecule has 1 fully saturated rings. The van der Waals surface area contributed by atoms with Crippen molar-refractivity contribution >= 4 is 17.5 Å². The van der Waals surface area contributed by atoms with E-state index < -0.39 is 12.1 Å². The fourth-order valence-electron chi connectivity index (χ4n) is 2.88. The second-order valence-corrected chi connectivity index (χ2v) is 6.77. The Balaban J connectivity index is 1.93. The third kappa shape index (κ3) is 4.35. The van der Waals surface area contributed by atoms with Gasteiger partial charge in [0, 0.05) is 25.9 Å². The molecule has 2 rings (SSSR count). The summed E-state index contributed by atoms with van der Waals surface area (Å²) in [6, 6.07) is 9.17. The molecule has 132 valence electrons. The first-order valence-electron chi connectivity index (χ1n) is 8.66.